The quantitative estimate of drug-likeness (QED) is 0.814. The van der Waals surface area contributed by atoms with E-state index in [1.165, 1.54) is 31.3 Å². The molecule has 8 nitrogen and oxygen atoms in total. The van der Waals surface area contributed by atoms with E-state index >= 15 is 0 Å². The molecule has 0 atom stereocenters. The molecule has 2 N–H and O–H groups in total. The number of carbonyl (C=O) groups is 4. The number of hydrogen-bond donors (Lipinski definition) is 2. The van der Waals surface area contributed by atoms with Gasteiger partial charge in [0.15, 0.2) is 0 Å². The number of hydrazine groups is 1. The fourth-order valence-corrected chi connectivity index (χ4v) is 2.03. The Bertz CT molecular complexity index is 626. The molecule has 8 heteroatoms. The van der Waals surface area contributed by atoms with Crippen LogP contribution in [-0.2, 0) is 14.4 Å². The van der Waals surface area contributed by atoms with Gasteiger partial charge < -0.3 is 10.0 Å². The van der Waals surface area contributed by atoms with Gasteiger partial charge in [0, 0.05) is 25.5 Å². The number of anilines is 1. The van der Waals surface area contributed by atoms with Crippen LogP contribution in [0, 0.1) is 0 Å². The third kappa shape index (κ3) is 3.40. The van der Waals surface area contributed by atoms with Crippen molar-refractivity contribution < 1.29 is 24.3 Å². The van der Waals surface area contributed by atoms with Crippen molar-refractivity contribution in [2.24, 2.45) is 0 Å². The van der Waals surface area contributed by atoms with Crippen molar-refractivity contribution in [2.45, 2.75) is 12.8 Å². The molecule has 0 radical (unpaired) electrons. The minimum absolute atomic E-state index is 0.133. The summed E-state index contributed by atoms with van der Waals surface area (Å²) in [6.07, 6.45) is 0.291. The van der Waals surface area contributed by atoms with Gasteiger partial charge in [-0.2, -0.15) is 0 Å². The van der Waals surface area contributed by atoms with Crippen LogP contribution in [0.15, 0.2) is 24.3 Å². The number of nitrogens with one attached hydrogen (secondary N) is 1. The number of carbonyl (C=O) groups excluding carboxylic acids is 3. The van der Waals surface area contributed by atoms with E-state index in [-0.39, 0.29) is 24.7 Å². The van der Waals surface area contributed by atoms with Crippen molar-refractivity contribution in [3.63, 3.8) is 0 Å². The smallest absolute Gasteiger partial charge is 0.323 e. The summed E-state index contributed by atoms with van der Waals surface area (Å²) in [5, 5.41) is 9.81. The van der Waals surface area contributed by atoms with Gasteiger partial charge in [0.05, 0.1) is 5.69 Å². The number of amides is 3. The highest BCUT2D eigenvalue weighted by atomic mass is 16.4. The molecule has 22 heavy (non-hydrogen) atoms. The molecule has 1 aromatic carbocycles. The van der Waals surface area contributed by atoms with E-state index in [0.29, 0.717) is 11.3 Å². The maximum absolute atomic E-state index is 12.0. The average molecular weight is 305 g/mol. The second-order valence-electron chi connectivity index (χ2n) is 4.87. The number of benzene rings is 1. The van der Waals surface area contributed by atoms with Crippen molar-refractivity contribution >= 4 is 29.4 Å². The van der Waals surface area contributed by atoms with E-state index in [1.54, 1.807) is 0 Å². The lowest BCUT2D eigenvalue weighted by Gasteiger charge is -2.27. The predicted octanol–water partition coefficient (Wildman–Crippen LogP) is 0.00120. The average Bonchev–Trinajstić information content (AvgIpc) is 2.48. The van der Waals surface area contributed by atoms with Crippen LogP contribution < -0.4 is 10.4 Å². The molecule has 1 aliphatic heterocycles. The third-order valence-electron chi connectivity index (χ3n) is 3.14. The largest absolute Gasteiger partial charge is 0.480 e. The van der Waals surface area contributed by atoms with E-state index < -0.39 is 18.4 Å². The van der Waals surface area contributed by atoms with Gasteiger partial charge in [-0.1, -0.05) is 0 Å². The fourth-order valence-electron chi connectivity index (χ4n) is 2.03. The molecule has 0 aliphatic carbocycles. The summed E-state index contributed by atoms with van der Waals surface area (Å²) in [5.74, 6) is -2.03. The molecule has 0 unspecified atom stereocenters. The number of carboxylic acid groups (broad SMARTS) is 1. The van der Waals surface area contributed by atoms with Crippen molar-refractivity contribution in [1.82, 2.24) is 10.3 Å². The first-order chi connectivity index (χ1) is 10.4. The second kappa shape index (κ2) is 6.25. The molecule has 1 heterocycles. The van der Waals surface area contributed by atoms with E-state index in [0.717, 1.165) is 9.91 Å². The zero-order valence-corrected chi connectivity index (χ0v) is 11.9. The lowest BCUT2D eigenvalue weighted by atomic mass is 10.1. The van der Waals surface area contributed by atoms with Crippen LogP contribution in [0.5, 0.6) is 0 Å². The summed E-state index contributed by atoms with van der Waals surface area (Å²) >= 11 is 0. The van der Waals surface area contributed by atoms with Gasteiger partial charge in [0.2, 0.25) is 11.8 Å². The number of nitrogens with zero attached hydrogens (tertiary/aromatic N) is 2. The fraction of sp³-hybridized carbons (Fsp3) is 0.286. The van der Waals surface area contributed by atoms with Gasteiger partial charge in [-0.15, -0.1) is 0 Å². The topological polar surface area (TPSA) is 107 Å². The molecule has 1 aliphatic rings. The molecule has 0 bridgehead atoms. The first-order valence-electron chi connectivity index (χ1n) is 6.58. The minimum Gasteiger partial charge on any atom is -0.480 e. The third-order valence-corrected chi connectivity index (χ3v) is 3.14. The number of carboxylic acids is 1. The van der Waals surface area contributed by atoms with Gasteiger partial charge in [0.1, 0.15) is 6.54 Å². The summed E-state index contributed by atoms with van der Waals surface area (Å²) in [6.45, 7) is -0.402. The van der Waals surface area contributed by atoms with Crippen molar-refractivity contribution in [1.29, 1.82) is 0 Å². The Morgan fingerprint density at radius 1 is 1.23 bits per heavy atom. The zero-order valence-electron chi connectivity index (χ0n) is 11.9. The highest BCUT2D eigenvalue weighted by molar-refractivity contribution is 6.02. The SMILES string of the molecule is CN(CC(=O)O)C(=O)c1ccc(N2NC(=O)CCC2=O)cc1. The highest BCUT2D eigenvalue weighted by Gasteiger charge is 2.24. The Morgan fingerprint density at radius 3 is 2.45 bits per heavy atom. The molecule has 2 rings (SSSR count). The molecule has 1 fully saturated rings. The van der Waals surface area contributed by atoms with Gasteiger partial charge in [-0.25, -0.2) is 5.01 Å². The minimum atomic E-state index is -1.10. The Balaban J connectivity index is 2.13. The molecule has 1 saturated heterocycles. The molecule has 0 saturated carbocycles. The van der Waals surface area contributed by atoms with Gasteiger partial charge in [-0.05, 0) is 24.3 Å². The molecule has 116 valence electrons. The van der Waals surface area contributed by atoms with Crippen molar-refractivity contribution in [3.05, 3.63) is 29.8 Å². The van der Waals surface area contributed by atoms with Crippen LogP contribution in [0.3, 0.4) is 0 Å². The number of likely N-dealkylation sites (N-methyl/N-ethyl adjacent to an activating group) is 1. The van der Waals surface area contributed by atoms with Crippen LogP contribution >= 0.6 is 0 Å². The van der Waals surface area contributed by atoms with Crippen molar-refractivity contribution in [3.8, 4) is 0 Å². The Labute approximate surface area is 126 Å². The number of aliphatic carboxylic acids is 1. The Hall–Kier alpha value is -2.90. The summed E-state index contributed by atoms with van der Waals surface area (Å²) in [6, 6.07) is 5.99. The normalized spacial score (nSPS) is 14.5. The van der Waals surface area contributed by atoms with Gasteiger partial charge >= 0.3 is 5.97 Å². The summed E-state index contributed by atoms with van der Waals surface area (Å²) in [5.41, 5.74) is 3.19. The lowest BCUT2D eigenvalue weighted by molar-refractivity contribution is -0.137. The standard InChI is InChI=1S/C14H15N3O5/c1-16(8-13(20)21)14(22)9-2-4-10(5-3-9)17-12(19)7-6-11(18)15-17/h2-5H,6-8H2,1H3,(H,15,18)(H,20,21). The molecule has 3 amide bonds. The lowest BCUT2D eigenvalue weighted by Crippen LogP contribution is -2.50. The Kier molecular flexibility index (Phi) is 4.40. The van der Waals surface area contributed by atoms with Crippen LogP contribution in [0.4, 0.5) is 5.69 Å². The first kappa shape index (κ1) is 15.5. The second-order valence-corrected chi connectivity index (χ2v) is 4.87. The van der Waals surface area contributed by atoms with E-state index in [2.05, 4.69) is 5.43 Å². The molecular weight excluding hydrogens is 290 g/mol. The predicted molar refractivity (Wildman–Crippen MR) is 75.9 cm³/mol. The monoisotopic (exact) mass is 305 g/mol. The molecular formula is C14H15N3O5. The number of rotatable bonds is 4. The van der Waals surface area contributed by atoms with Gasteiger partial charge in [-0.3, -0.25) is 24.6 Å². The summed E-state index contributed by atoms with van der Waals surface area (Å²) in [4.78, 5) is 46.8. The Morgan fingerprint density at radius 2 is 1.86 bits per heavy atom. The molecule has 0 spiro atoms. The zero-order chi connectivity index (χ0) is 16.3. The maximum atomic E-state index is 12.0. The van der Waals surface area contributed by atoms with Crippen LogP contribution in [0.25, 0.3) is 0 Å². The van der Waals surface area contributed by atoms with Crippen LogP contribution in [0.1, 0.15) is 23.2 Å². The summed E-state index contributed by atoms with van der Waals surface area (Å²) in [7, 11) is 1.39. The van der Waals surface area contributed by atoms with Gasteiger partial charge in [0.25, 0.3) is 5.91 Å². The van der Waals surface area contributed by atoms with E-state index in [9.17, 15) is 19.2 Å². The van der Waals surface area contributed by atoms with Crippen molar-refractivity contribution in [2.75, 3.05) is 18.6 Å². The molecule has 0 aromatic heterocycles. The van der Waals surface area contributed by atoms with E-state index in [4.69, 9.17) is 5.11 Å². The van der Waals surface area contributed by atoms with Crippen LogP contribution in [-0.4, -0.2) is 47.3 Å². The highest BCUT2D eigenvalue weighted by Crippen LogP contribution is 2.18. The van der Waals surface area contributed by atoms with Crippen LogP contribution in [0.2, 0.25) is 0 Å². The first-order valence-corrected chi connectivity index (χ1v) is 6.58. The van der Waals surface area contributed by atoms with E-state index in [1.807, 2.05) is 0 Å². The maximum Gasteiger partial charge on any atom is 0.323 e. The number of hydrogen-bond acceptors (Lipinski definition) is 4. The summed E-state index contributed by atoms with van der Waals surface area (Å²) < 4.78 is 0. The molecule has 1 aromatic rings.